The van der Waals surface area contributed by atoms with E-state index < -0.39 is 0 Å². The maximum atomic E-state index is 5.46. The number of nitrogens with zero attached hydrogens (tertiary/aromatic N) is 7. The number of ether oxygens (including phenoxy) is 2. The fourth-order valence-corrected chi connectivity index (χ4v) is 4.02. The van der Waals surface area contributed by atoms with Crippen LogP contribution in [0.3, 0.4) is 0 Å². The van der Waals surface area contributed by atoms with Gasteiger partial charge >= 0.3 is 0 Å². The van der Waals surface area contributed by atoms with E-state index in [9.17, 15) is 0 Å². The van der Waals surface area contributed by atoms with Crippen LogP contribution in [0.1, 0.15) is 28.2 Å². The summed E-state index contributed by atoms with van der Waals surface area (Å²) >= 11 is 0. The van der Waals surface area contributed by atoms with Crippen molar-refractivity contribution in [1.29, 1.82) is 0 Å². The van der Waals surface area contributed by atoms with Crippen molar-refractivity contribution in [3.05, 3.63) is 71.1 Å². The van der Waals surface area contributed by atoms with Gasteiger partial charge in [-0.25, -0.2) is 19.5 Å². The van der Waals surface area contributed by atoms with Gasteiger partial charge in [0.1, 0.15) is 12.1 Å². The number of hydrogen-bond donors (Lipinski definition) is 0. The SMILES string of the molecule is COc1ccc(/C=N\OCc2nc3c4c(C)c(C)n(-c5cc(C)ccn5)c4ncn3n2)cc1OC. The predicted octanol–water partition coefficient (Wildman–Crippen LogP) is 3.96. The highest BCUT2D eigenvalue weighted by molar-refractivity contribution is 5.94. The number of rotatable bonds is 7. The molecule has 0 saturated heterocycles. The van der Waals surface area contributed by atoms with Crippen molar-refractivity contribution < 1.29 is 14.3 Å². The molecule has 0 atom stereocenters. The first-order valence-corrected chi connectivity index (χ1v) is 11.0. The van der Waals surface area contributed by atoms with E-state index in [2.05, 4.69) is 38.6 Å². The molecule has 4 heterocycles. The van der Waals surface area contributed by atoms with E-state index in [0.29, 0.717) is 23.0 Å². The molecule has 1 aromatic carbocycles. The van der Waals surface area contributed by atoms with Crippen LogP contribution in [-0.4, -0.2) is 49.6 Å². The van der Waals surface area contributed by atoms with Gasteiger partial charge in [-0.3, -0.25) is 4.57 Å². The fourth-order valence-electron chi connectivity index (χ4n) is 4.02. The van der Waals surface area contributed by atoms with Gasteiger partial charge in [0.2, 0.25) is 0 Å². The molecule has 0 spiro atoms. The van der Waals surface area contributed by atoms with Gasteiger partial charge in [0.05, 0.1) is 25.8 Å². The molecule has 0 fully saturated rings. The molecule has 0 aliphatic rings. The van der Waals surface area contributed by atoms with Gasteiger partial charge in [-0.05, 0) is 62.2 Å². The summed E-state index contributed by atoms with van der Waals surface area (Å²) in [5, 5.41) is 9.48. The number of pyridine rings is 1. The zero-order valence-electron chi connectivity index (χ0n) is 20.2. The Kier molecular flexibility index (Phi) is 5.77. The number of benzene rings is 1. The summed E-state index contributed by atoms with van der Waals surface area (Å²) < 4.78 is 14.3. The second kappa shape index (κ2) is 9.05. The van der Waals surface area contributed by atoms with Gasteiger partial charge in [-0.2, -0.15) is 0 Å². The zero-order chi connectivity index (χ0) is 24.5. The Labute approximate surface area is 201 Å². The van der Waals surface area contributed by atoms with Crippen LogP contribution in [-0.2, 0) is 11.4 Å². The van der Waals surface area contributed by atoms with Crippen molar-refractivity contribution >= 4 is 22.9 Å². The van der Waals surface area contributed by atoms with Crippen LogP contribution in [0.2, 0.25) is 0 Å². The van der Waals surface area contributed by atoms with Gasteiger partial charge in [0.25, 0.3) is 0 Å². The minimum atomic E-state index is 0.116. The van der Waals surface area contributed by atoms with Crippen LogP contribution in [0.5, 0.6) is 11.5 Å². The molecule has 0 saturated carbocycles. The van der Waals surface area contributed by atoms with E-state index >= 15 is 0 Å². The zero-order valence-corrected chi connectivity index (χ0v) is 20.2. The highest BCUT2D eigenvalue weighted by Crippen LogP contribution is 2.29. The minimum absolute atomic E-state index is 0.116. The van der Waals surface area contributed by atoms with Gasteiger partial charge in [0.15, 0.2) is 35.2 Å². The van der Waals surface area contributed by atoms with Gasteiger partial charge in [-0.15, -0.1) is 5.10 Å². The molecule has 0 amide bonds. The van der Waals surface area contributed by atoms with Crippen LogP contribution in [0.15, 0.2) is 48.0 Å². The molecular formula is C25H25N7O3. The van der Waals surface area contributed by atoms with E-state index in [-0.39, 0.29) is 6.61 Å². The summed E-state index contributed by atoms with van der Waals surface area (Å²) in [7, 11) is 3.18. The lowest BCUT2D eigenvalue weighted by Gasteiger charge is -2.07. The first-order chi connectivity index (χ1) is 17.0. The average molecular weight is 472 g/mol. The number of aromatic nitrogens is 6. The maximum absolute atomic E-state index is 5.46. The summed E-state index contributed by atoms with van der Waals surface area (Å²) in [5.74, 6) is 2.60. The molecule has 0 aliphatic carbocycles. The lowest BCUT2D eigenvalue weighted by Crippen LogP contribution is -2.01. The van der Waals surface area contributed by atoms with E-state index in [4.69, 9.17) is 19.3 Å². The van der Waals surface area contributed by atoms with Crippen molar-refractivity contribution in [2.45, 2.75) is 27.4 Å². The first kappa shape index (κ1) is 22.3. The van der Waals surface area contributed by atoms with E-state index in [0.717, 1.165) is 39.2 Å². The third-order valence-electron chi connectivity index (χ3n) is 5.88. The first-order valence-electron chi connectivity index (χ1n) is 11.0. The Morgan fingerprint density at radius 1 is 0.971 bits per heavy atom. The smallest absolute Gasteiger partial charge is 0.192 e. The number of aryl methyl sites for hydroxylation is 2. The molecule has 10 nitrogen and oxygen atoms in total. The molecule has 35 heavy (non-hydrogen) atoms. The third-order valence-corrected chi connectivity index (χ3v) is 5.88. The molecular weight excluding hydrogens is 446 g/mol. The minimum Gasteiger partial charge on any atom is -0.493 e. The average Bonchev–Trinajstić information content (AvgIpc) is 3.39. The normalized spacial score (nSPS) is 11.6. The van der Waals surface area contributed by atoms with Gasteiger partial charge in [0, 0.05) is 17.5 Å². The molecule has 0 unspecified atom stereocenters. The number of methoxy groups -OCH3 is 2. The molecule has 10 heteroatoms. The number of hydrogen-bond acceptors (Lipinski definition) is 8. The maximum Gasteiger partial charge on any atom is 0.192 e. The van der Waals surface area contributed by atoms with Gasteiger partial charge < -0.3 is 14.3 Å². The molecule has 0 aliphatic heterocycles. The summed E-state index contributed by atoms with van der Waals surface area (Å²) in [5.41, 5.74) is 5.58. The number of fused-ring (bicyclic) bond motifs is 3. The summed E-state index contributed by atoms with van der Waals surface area (Å²) in [6.45, 7) is 6.28. The molecule has 0 N–H and O–H groups in total. The van der Waals surface area contributed by atoms with Crippen molar-refractivity contribution in [2.75, 3.05) is 14.2 Å². The molecule has 5 aromatic rings. The Hall–Kier alpha value is -4.47. The quantitative estimate of drug-likeness (QED) is 0.262. The van der Waals surface area contributed by atoms with Crippen molar-refractivity contribution in [3.8, 4) is 17.3 Å². The highest BCUT2D eigenvalue weighted by atomic mass is 16.6. The molecule has 5 rings (SSSR count). The van der Waals surface area contributed by atoms with Crippen LogP contribution in [0, 0.1) is 20.8 Å². The van der Waals surface area contributed by atoms with Crippen molar-refractivity contribution in [1.82, 2.24) is 29.1 Å². The second-order valence-corrected chi connectivity index (χ2v) is 8.10. The monoisotopic (exact) mass is 471 g/mol. The standard InChI is InChI=1S/C25H25N7O3/c1-15-8-9-26-22(10-15)32-17(3)16(2)23-24(32)27-14-31-25(23)29-21(30-31)13-35-28-12-18-6-7-19(33-4)20(11-18)34-5/h6-12,14H,13H2,1-5H3/b28-12-. The van der Waals surface area contributed by atoms with Crippen molar-refractivity contribution in [3.63, 3.8) is 0 Å². The fraction of sp³-hybridized carbons (Fsp3) is 0.240. The van der Waals surface area contributed by atoms with Crippen LogP contribution < -0.4 is 9.47 Å². The molecule has 0 radical (unpaired) electrons. The second-order valence-electron chi connectivity index (χ2n) is 8.10. The van der Waals surface area contributed by atoms with E-state index in [1.54, 1.807) is 37.5 Å². The third kappa shape index (κ3) is 4.03. The van der Waals surface area contributed by atoms with Crippen LogP contribution >= 0.6 is 0 Å². The lowest BCUT2D eigenvalue weighted by molar-refractivity contribution is 0.126. The Balaban J connectivity index is 1.42. The van der Waals surface area contributed by atoms with Crippen LogP contribution in [0.25, 0.3) is 22.5 Å². The van der Waals surface area contributed by atoms with Crippen LogP contribution in [0.4, 0.5) is 0 Å². The highest BCUT2D eigenvalue weighted by Gasteiger charge is 2.19. The Morgan fingerprint density at radius 3 is 2.57 bits per heavy atom. The molecule has 0 bridgehead atoms. The summed E-state index contributed by atoms with van der Waals surface area (Å²) in [6.07, 6.45) is 5.06. The Bertz CT molecular complexity index is 1570. The molecule has 178 valence electrons. The van der Waals surface area contributed by atoms with E-state index in [1.807, 2.05) is 37.3 Å². The summed E-state index contributed by atoms with van der Waals surface area (Å²) in [6, 6.07) is 9.50. The predicted molar refractivity (Wildman–Crippen MR) is 132 cm³/mol. The summed E-state index contributed by atoms with van der Waals surface area (Å²) in [4.78, 5) is 19.4. The van der Waals surface area contributed by atoms with Crippen molar-refractivity contribution in [2.24, 2.45) is 5.16 Å². The Morgan fingerprint density at radius 2 is 1.80 bits per heavy atom. The molecule has 4 aromatic heterocycles. The topological polar surface area (TPSA) is 101 Å². The van der Waals surface area contributed by atoms with E-state index in [1.165, 1.54) is 0 Å². The van der Waals surface area contributed by atoms with Gasteiger partial charge in [-0.1, -0.05) is 5.16 Å². The number of oxime groups is 1. The lowest BCUT2D eigenvalue weighted by atomic mass is 10.2. The largest absolute Gasteiger partial charge is 0.493 e.